The van der Waals surface area contributed by atoms with Crippen LogP contribution in [0.25, 0.3) is 0 Å². The molecule has 0 saturated heterocycles. The first-order valence-corrected chi connectivity index (χ1v) is 7.33. The Labute approximate surface area is 137 Å². The highest BCUT2D eigenvalue weighted by atomic mass is 79.9. The van der Waals surface area contributed by atoms with Crippen LogP contribution in [0.1, 0.15) is 12.5 Å². The molecule has 1 aromatic carbocycles. The lowest BCUT2D eigenvalue weighted by molar-refractivity contribution is -0.142. The number of carbonyl (C=O) groups excluding carboxylic acids is 1. The quantitative estimate of drug-likeness (QED) is 0.343. The first kappa shape index (κ1) is 17.4. The fourth-order valence-corrected chi connectivity index (χ4v) is 1.88. The summed E-state index contributed by atoms with van der Waals surface area (Å²) >= 11 is 8.36. The molecule has 0 aliphatic heterocycles. The number of halogens is 1. The van der Waals surface area contributed by atoms with E-state index in [2.05, 4.69) is 36.5 Å². The fourth-order valence-electron chi connectivity index (χ4n) is 1.31. The Morgan fingerprint density at radius 3 is 2.95 bits per heavy atom. The van der Waals surface area contributed by atoms with Gasteiger partial charge in [0.15, 0.2) is 11.7 Å². The van der Waals surface area contributed by atoms with Crippen molar-refractivity contribution in [2.24, 2.45) is 5.10 Å². The third-order valence-electron chi connectivity index (χ3n) is 2.25. The summed E-state index contributed by atoms with van der Waals surface area (Å²) in [6, 6.07) is 5.35. The second kappa shape index (κ2) is 9.30. The summed E-state index contributed by atoms with van der Waals surface area (Å²) in [4.78, 5) is 11.1. The van der Waals surface area contributed by atoms with Crippen LogP contribution in [0.2, 0.25) is 0 Å². The number of esters is 1. The molecule has 0 bridgehead atoms. The molecular weight excluding hydrogens is 358 g/mol. The van der Waals surface area contributed by atoms with Crippen molar-refractivity contribution in [3.63, 3.8) is 0 Å². The second-order valence-corrected chi connectivity index (χ2v) is 5.10. The van der Waals surface area contributed by atoms with E-state index < -0.39 is 5.97 Å². The first-order valence-electron chi connectivity index (χ1n) is 6.13. The normalized spacial score (nSPS) is 10.2. The summed E-state index contributed by atoms with van der Waals surface area (Å²) < 4.78 is 10.8. The maximum Gasteiger partial charge on any atom is 0.343 e. The maximum absolute atomic E-state index is 11.1. The Bertz CT molecular complexity index is 537. The van der Waals surface area contributed by atoms with Crippen molar-refractivity contribution in [3.05, 3.63) is 28.2 Å². The monoisotopic (exact) mass is 373 g/mol. The molecule has 0 saturated carbocycles. The topological polar surface area (TPSA) is 72.0 Å². The van der Waals surface area contributed by atoms with Crippen LogP contribution in [0.5, 0.6) is 5.75 Å². The molecule has 0 amide bonds. The van der Waals surface area contributed by atoms with Crippen molar-refractivity contribution >= 4 is 45.4 Å². The van der Waals surface area contributed by atoms with Crippen LogP contribution < -0.4 is 15.5 Å². The largest absolute Gasteiger partial charge is 0.481 e. The summed E-state index contributed by atoms with van der Waals surface area (Å²) in [6.07, 6.45) is 1.56. The number of ether oxygens (including phenoxy) is 2. The zero-order valence-electron chi connectivity index (χ0n) is 11.7. The molecule has 0 spiro atoms. The lowest BCUT2D eigenvalue weighted by Gasteiger charge is -2.08. The van der Waals surface area contributed by atoms with Crippen molar-refractivity contribution in [1.82, 2.24) is 10.7 Å². The van der Waals surface area contributed by atoms with E-state index in [1.165, 1.54) is 7.11 Å². The zero-order chi connectivity index (χ0) is 15.7. The first-order chi connectivity index (χ1) is 10.1. The Kier molecular flexibility index (Phi) is 7.70. The summed E-state index contributed by atoms with van der Waals surface area (Å²) in [7, 11) is 1.31. The lowest BCUT2D eigenvalue weighted by atomic mass is 10.2. The summed E-state index contributed by atoms with van der Waals surface area (Å²) in [5.41, 5.74) is 3.38. The number of nitrogens with zero attached hydrogens (tertiary/aromatic N) is 1. The highest BCUT2D eigenvalue weighted by Gasteiger charge is 2.06. The maximum atomic E-state index is 11.1. The number of hydrogen-bond donors (Lipinski definition) is 2. The van der Waals surface area contributed by atoms with Crippen LogP contribution in [-0.4, -0.2) is 37.6 Å². The molecular formula is C13H16BrN3O3S. The van der Waals surface area contributed by atoms with Crippen LogP contribution in [0.15, 0.2) is 27.8 Å². The molecule has 0 aliphatic carbocycles. The number of methoxy groups -OCH3 is 1. The molecule has 0 radical (unpaired) electrons. The van der Waals surface area contributed by atoms with Crippen LogP contribution >= 0.6 is 28.1 Å². The van der Waals surface area contributed by atoms with Gasteiger partial charge in [0, 0.05) is 16.6 Å². The number of rotatable bonds is 6. The van der Waals surface area contributed by atoms with Crippen molar-refractivity contribution in [2.45, 2.75) is 6.92 Å². The standard InChI is InChI=1S/C13H16BrN3O3S/c1-3-15-13(21)17-16-7-9-6-10(14)4-5-11(9)20-8-12(18)19-2/h4-7H,3,8H2,1-2H3,(H2,15,17,21). The Morgan fingerprint density at radius 2 is 2.29 bits per heavy atom. The van der Waals surface area contributed by atoms with Gasteiger partial charge in [-0.05, 0) is 37.3 Å². The van der Waals surface area contributed by atoms with E-state index in [-0.39, 0.29) is 6.61 Å². The van der Waals surface area contributed by atoms with E-state index in [9.17, 15) is 4.79 Å². The molecule has 6 nitrogen and oxygen atoms in total. The average Bonchev–Trinajstić information content (AvgIpc) is 2.46. The third kappa shape index (κ3) is 6.54. The molecule has 114 valence electrons. The van der Waals surface area contributed by atoms with Crippen molar-refractivity contribution in [3.8, 4) is 5.75 Å². The predicted molar refractivity (Wildman–Crippen MR) is 88.7 cm³/mol. The summed E-state index contributed by atoms with van der Waals surface area (Å²) in [5, 5.41) is 7.36. The van der Waals surface area contributed by atoms with Crippen LogP contribution in [0, 0.1) is 0 Å². The van der Waals surface area contributed by atoms with Crippen molar-refractivity contribution in [2.75, 3.05) is 20.3 Å². The Hall–Kier alpha value is -1.67. The highest BCUT2D eigenvalue weighted by Crippen LogP contribution is 2.21. The molecule has 8 heteroatoms. The lowest BCUT2D eigenvalue weighted by Crippen LogP contribution is -2.31. The van der Waals surface area contributed by atoms with Gasteiger partial charge >= 0.3 is 5.97 Å². The molecule has 2 N–H and O–H groups in total. The molecule has 0 atom stereocenters. The molecule has 21 heavy (non-hydrogen) atoms. The van der Waals surface area contributed by atoms with Gasteiger partial charge in [-0.15, -0.1) is 0 Å². The minimum atomic E-state index is -0.452. The number of nitrogens with one attached hydrogen (secondary N) is 2. The molecule has 1 rings (SSSR count). The molecule has 0 heterocycles. The zero-order valence-corrected chi connectivity index (χ0v) is 14.1. The Morgan fingerprint density at radius 1 is 1.52 bits per heavy atom. The van der Waals surface area contributed by atoms with Gasteiger partial charge in [-0.2, -0.15) is 5.10 Å². The van der Waals surface area contributed by atoms with Gasteiger partial charge in [0.1, 0.15) is 5.75 Å². The number of carbonyl (C=O) groups is 1. The molecule has 0 aliphatic rings. The van der Waals surface area contributed by atoms with E-state index in [1.807, 2.05) is 13.0 Å². The van der Waals surface area contributed by atoms with Crippen LogP contribution in [0.3, 0.4) is 0 Å². The predicted octanol–water partition coefficient (Wildman–Crippen LogP) is 1.82. The molecule has 0 aromatic heterocycles. The molecule has 0 fully saturated rings. The third-order valence-corrected chi connectivity index (χ3v) is 2.98. The van der Waals surface area contributed by atoms with E-state index in [0.717, 1.165) is 4.47 Å². The van der Waals surface area contributed by atoms with E-state index in [4.69, 9.17) is 17.0 Å². The number of thiocarbonyl (C=S) groups is 1. The summed E-state index contributed by atoms with van der Waals surface area (Å²) in [5.74, 6) is 0.0655. The van der Waals surface area contributed by atoms with Gasteiger partial charge in [0.2, 0.25) is 0 Å². The van der Waals surface area contributed by atoms with E-state index in [1.54, 1.807) is 18.3 Å². The minimum Gasteiger partial charge on any atom is -0.481 e. The van der Waals surface area contributed by atoms with Crippen molar-refractivity contribution < 1.29 is 14.3 Å². The van der Waals surface area contributed by atoms with Gasteiger partial charge in [0.25, 0.3) is 0 Å². The van der Waals surface area contributed by atoms with Crippen molar-refractivity contribution in [1.29, 1.82) is 0 Å². The number of hydrazone groups is 1. The van der Waals surface area contributed by atoms with E-state index >= 15 is 0 Å². The van der Waals surface area contributed by atoms with Gasteiger partial charge in [-0.1, -0.05) is 15.9 Å². The Balaban J connectivity index is 2.74. The molecule has 0 unspecified atom stereocenters. The van der Waals surface area contributed by atoms with E-state index in [0.29, 0.717) is 23.0 Å². The van der Waals surface area contributed by atoms with Gasteiger partial charge in [-0.25, -0.2) is 4.79 Å². The molecule has 1 aromatic rings. The average molecular weight is 374 g/mol. The summed E-state index contributed by atoms with van der Waals surface area (Å²) in [6.45, 7) is 2.48. The van der Waals surface area contributed by atoms with Crippen LogP contribution in [0.4, 0.5) is 0 Å². The fraction of sp³-hybridized carbons (Fsp3) is 0.308. The smallest absolute Gasteiger partial charge is 0.343 e. The number of hydrogen-bond acceptors (Lipinski definition) is 5. The second-order valence-electron chi connectivity index (χ2n) is 3.78. The van der Waals surface area contributed by atoms with Gasteiger partial charge < -0.3 is 14.8 Å². The minimum absolute atomic E-state index is 0.164. The van der Waals surface area contributed by atoms with Gasteiger partial charge in [-0.3, -0.25) is 5.43 Å². The number of benzene rings is 1. The van der Waals surface area contributed by atoms with Gasteiger partial charge in [0.05, 0.1) is 13.3 Å². The highest BCUT2D eigenvalue weighted by molar-refractivity contribution is 9.10. The SMILES string of the molecule is CCNC(=S)NN=Cc1cc(Br)ccc1OCC(=O)OC. The van der Waals surface area contributed by atoms with Crippen LogP contribution in [-0.2, 0) is 9.53 Å².